The van der Waals surface area contributed by atoms with Crippen LogP contribution in [-0.4, -0.2) is 54.5 Å². The number of nitrogens with one attached hydrogen (secondary N) is 2. The first-order chi connectivity index (χ1) is 40.9. The molecule has 444 valence electrons. The van der Waals surface area contributed by atoms with Crippen molar-refractivity contribution in [2.75, 3.05) is 64.9 Å². The van der Waals surface area contributed by atoms with Gasteiger partial charge in [-0.3, -0.25) is 4.90 Å². The molecule has 1 aromatic heterocycles. The number of hydrogen-bond donors (Lipinski definition) is 2. The van der Waals surface area contributed by atoms with Gasteiger partial charge in [0.15, 0.2) is 0 Å². The second-order valence-electron chi connectivity index (χ2n) is 21.5. The largest absolute Gasteiger partial charge is 0.494 e. The maximum absolute atomic E-state index is 6.21. The molecule has 12 heteroatoms. The lowest BCUT2D eigenvalue weighted by molar-refractivity contribution is 0.305. The van der Waals surface area contributed by atoms with E-state index in [0.29, 0.717) is 44.3 Å². The Kier molecular flexibility index (Phi) is 27.5. The fourth-order valence-electron chi connectivity index (χ4n) is 9.79. The molecular formula is C71H96N8O4. The molecule has 0 bridgehead atoms. The average Bonchev–Trinajstić information content (AvgIpc) is 3.60. The van der Waals surface area contributed by atoms with Gasteiger partial charge in [0.05, 0.1) is 26.4 Å². The minimum Gasteiger partial charge on any atom is -0.494 e. The highest BCUT2D eigenvalue weighted by molar-refractivity contribution is 5.82. The van der Waals surface area contributed by atoms with Crippen molar-refractivity contribution in [1.82, 2.24) is 15.0 Å². The quantitative estimate of drug-likeness (QED) is 0.0356. The second kappa shape index (κ2) is 36.2. The topological polar surface area (TPSA) is 109 Å². The summed E-state index contributed by atoms with van der Waals surface area (Å²) in [6.45, 7) is 17.7. The zero-order valence-corrected chi connectivity index (χ0v) is 51.1. The molecule has 2 N–H and O–H groups in total. The fraction of sp³-hybridized carbons (Fsp3) is 0.451. The Morgan fingerprint density at radius 3 is 0.735 bits per heavy atom. The Bertz CT molecular complexity index is 2530. The van der Waals surface area contributed by atoms with Gasteiger partial charge in [0.25, 0.3) is 0 Å². The van der Waals surface area contributed by atoms with E-state index in [-0.39, 0.29) is 0 Å². The number of hydrogen-bond acceptors (Lipinski definition) is 12. The van der Waals surface area contributed by atoms with E-state index >= 15 is 0 Å². The van der Waals surface area contributed by atoms with Gasteiger partial charge in [-0.05, 0) is 184 Å². The first kappa shape index (κ1) is 63.1. The molecule has 7 rings (SSSR count). The van der Waals surface area contributed by atoms with Crippen LogP contribution in [0.1, 0.15) is 170 Å². The van der Waals surface area contributed by atoms with E-state index in [1.807, 2.05) is 0 Å². The van der Waals surface area contributed by atoms with Crippen LogP contribution in [0.15, 0.2) is 146 Å². The minimum absolute atomic E-state index is 0.498. The van der Waals surface area contributed by atoms with E-state index in [9.17, 15) is 0 Å². The highest BCUT2D eigenvalue weighted by atomic mass is 16.5. The monoisotopic (exact) mass is 1120 g/mol. The van der Waals surface area contributed by atoms with Crippen molar-refractivity contribution in [2.24, 2.45) is 0 Å². The number of anilines is 11. The highest BCUT2D eigenvalue weighted by Crippen LogP contribution is 2.42. The number of ether oxygens (including phenoxy) is 4. The van der Waals surface area contributed by atoms with Crippen molar-refractivity contribution < 1.29 is 18.9 Å². The van der Waals surface area contributed by atoms with E-state index in [1.54, 1.807) is 0 Å². The van der Waals surface area contributed by atoms with Gasteiger partial charge in [-0.15, -0.1) is 0 Å². The van der Waals surface area contributed by atoms with Gasteiger partial charge in [-0.2, -0.15) is 15.0 Å². The maximum Gasteiger partial charge on any atom is 0.241 e. The molecule has 7 aromatic rings. The molecule has 83 heavy (non-hydrogen) atoms. The van der Waals surface area contributed by atoms with Crippen molar-refractivity contribution >= 4 is 63.3 Å². The van der Waals surface area contributed by atoms with Gasteiger partial charge < -0.3 is 39.4 Å². The summed E-state index contributed by atoms with van der Waals surface area (Å²) in [5, 5.41) is 7.02. The lowest BCUT2D eigenvalue weighted by atomic mass is 10.1. The van der Waals surface area contributed by atoms with Crippen molar-refractivity contribution in [3.63, 3.8) is 0 Å². The lowest BCUT2D eigenvalue weighted by Crippen LogP contribution is -2.18. The highest BCUT2D eigenvalue weighted by Gasteiger charge is 2.22. The predicted molar refractivity (Wildman–Crippen MR) is 349 cm³/mol. The van der Waals surface area contributed by atoms with Crippen LogP contribution in [0.5, 0.6) is 23.0 Å². The van der Waals surface area contributed by atoms with E-state index < -0.39 is 0 Å². The number of benzene rings is 6. The lowest BCUT2D eigenvalue weighted by Gasteiger charge is -2.29. The van der Waals surface area contributed by atoms with Crippen molar-refractivity contribution in [1.29, 1.82) is 0 Å². The van der Waals surface area contributed by atoms with Crippen molar-refractivity contribution in [2.45, 2.75) is 170 Å². The molecule has 0 fully saturated rings. The molecule has 0 aliphatic carbocycles. The summed E-state index contributed by atoms with van der Waals surface area (Å²) in [7, 11) is 0. The molecule has 12 nitrogen and oxygen atoms in total. The van der Waals surface area contributed by atoms with Crippen LogP contribution >= 0.6 is 0 Å². The van der Waals surface area contributed by atoms with E-state index in [4.69, 9.17) is 33.9 Å². The zero-order valence-electron chi connectivity index (χ0n) is 51.1. The van der Waals surface area contributed by atoms with Crippen molar-refractivity contribution in [3.05, 3.63) is 146 Å². The van der Waals surface area contributed by atoms with Gasteiger partial charge >= 0.3 is 0 Å². The molecule has 0 aliphatic heterocycles. The van der Waals surface area contributed by atoms with Crippen LogP contribution in [0.25, 0.3) is 0 Å². The summed E-state index contributed by atoms with van der Waals surface area (Å²) in [5.41, 5.74) is 7.80. The summed E-state index contributed by atoms with van der Waals surface area (Å²) in [6.07, 6.45) is 22.7. The van der Waals surface area contributed by atoms with E-state index in [1.165, 1.54) is 77.0 Å². The molecule has 0 spiro atoms. The van der Waals surface area contributed by atoms with Gasteiger partial charge in [0.2, 0.25) is 17.8 Å². The number of aromatic nitrogens is 3. The number of rotatable bonds is 41. The molecule has 6 aromatic carbocycles. The summed E-state index contributed by atoms with van der Waals surface area (Å²) < 4.78 is 24.8. The molecule has 0 amide bonds. The molecule has 0 unspecified atom stereocenters. The summed E-state index contributed by atoms with van der Waals surface area (Å²) in [6, 6.07) is 51.1. The Balaban J connectivity index is 1.26. The first-order valence-corrected chi connectivity index (χ1v) is 31.7. The first-order valence-electron chi connectivity index (χ1n) is 31.7. The third-order valence-corrected chi connectivity index (χ3v) is 14.6. The van der Waals surface area contributed by atoms with Crippen LogP contribution in [0.4, 0.5) is 63.3 Å². The molecule has 0 radical (unpaired) electrons. The molecule has 0 atom stereocenters. The fourth-order valence-corrected chi connectivity index (χ4v) is 9.79. The number of nitrogens with zero attached hydrogens (tertiary/aromatic N) is 6. The molecule has 1 heterocycles. The summed E-state index contributed by atoms with van der Waals surface area (Å²) in [5.74, 6) is 5.03. The van der Waals surface area contributed by atoms with Crippen molar-refractivity contribution in [3.8, 4) is 23.0 Å². The molecule has 0 saturated carbocycles. The SMILES string of the molecule is CCCCCCOc1ccc(N(c2ccc(OCCCCCC)cc2)c2ccc(N(c3ccc(N(c4ccc(OCCCCCC)cc4)c4ccc(OCCCCCC)cc4)cc3)c3nc(NCCCC)nc(NCCCC)n3)cc2)cc1. The Labute approximate surface area is 498 Å². The molecule has 0 saturated heterocycles. The Hall–Kier alpha value is -7.47. The van der Waals surface area contributed by atoms with Crippen LogP contribution in [-0.2, 0) is 0 Å². The summed E-state index contributed by atoms with van der Waals surface area (Å²) >= 11 is 0. The van der Waals surface area contributed by atoms with Crippen LogP contribution in [0.2, 0.25) is 0 Å². The van der Waals surface area contributed by atoms with Crippen LogP contribution < -0.4 is 44.3 Å². The third kappa shape index (κ3) is 20.4. The van der Waals surface area contributed by atoms with Gasteiger partial charge in [0.1, 0.15) is 23.0 Å². The maximum atomic E-state index is 6.21. The Morgan fingerprint density at radius 1 is 0.265 bits per heavy atom. The Morgan fingerprint density at radius 2 is 0.494 bits per heavy atom. The van der Waals surface area contributed by atoms with Crippen LogP contribution in [0, 0.1) is 0 Å². The van der Waals surface area contributed by atoms with E-state index in [2.05, 4.69) is 212 Å². The van der Waals surface area contributed by atoms with Gasteiger partial charge in [-0.25, -0.2) is 0 Å². The standard InChI is InChI=1S/C71H96N8O4/c1-7-13-19-23-53-80-65-43-35-59(36-44-65)77(60-37-45-66(46-38-60)81-54-24-20-14-8-2)57-27-31-63(32-28-57)79(71-75-69(72-51-17-11-5)74-70(76-71)73-52-18-12-6)64-33-29-58(30-34-64)78(61-39-47-67(48-40-61)82-55-25-21-15-9-3)62-41-49-68(50-42-62)83-56-26-22-16-10-4/h27-50H,7-26,51-56H2,1-6H3,(H2,72,73,74,75,76). The van der Waals surface area contributed by atoms with Gasteiger partial charge in [0, 0.05) is 58.6 Å². The molecular weight excluding hydrogens is 1030 g/mol. The zero-order chi connectivity index (χ0) is 58.1. The predicted octanol–water partition coefficient (Wildman–Crippen LogP) is 20.5. The summed E-state index contributed by atoms with van der Waals surface area (Å²) in [4.78, 5) is 21.9. The van der Waals surface area contributed by atoms with E-state index in [0.717, 1.165) is 133 Å². The minimum atomic E-state index is 0.498. The van der Waals surface area contributed by atoms with Gasteiger partial charge in [-0.1, -0.05) is 131 Å². The molecule has 0 aliphatic rings. The second-order valence-corrected chi connectivity index (χ2v) is 21.5. The third-order valence-electron chi connectivity index (χ3n) is 14.6. The smallest absolute Gasteiger partial charge is 0.241 e. The average molecular weight is 1130 g/mol. The normalized spacial score (nSPS) is 11.1. The number of unbranched alkanes of at least 4 members (excludes halogenated alkanes) is 14. The van der Waals surface area contributed by atoms with Crippen LogP contribution in [0.3, 0.4) is 0 Å².